The highest BCUT2D eigenvalue weighted by atomic mass is 80.0. The maximum absolute atomic E-state index is 10.7. The molecule has 0 spiro atoms. The molecule has 2 heterocycles. The molecular weight excluding hydrogens is 683 g/mol. The van der Waals surface area contributed by atoms with Crippen molar-refractivity contribution in [3.05, 3.63) is 87.5 Å². The Balaban J connectivity index is 0.000000182. The zero-order chi connectivity index (χ0) is 23.0. The number of aryl methyl sites for hydroxylation is 2. The summed E-state index contributed by atoms with van der Waals surface area (Å²) in [4.78, 5) is 18.3. The Morgan fingerprint density at radius 3 is 1.71 bits per heavy atom. The molecule has 13 heteroatoms. The van der Waals surface area contributed by atoms with Crippen molar-refractivity contribution in [2.75, 3.05) is 0 Å². The van der Waals surface area contributed by atoms with Crippen LogP contribution >= 0.6 is 65.6 Å². The molecule has 0 amide bonds. The van der Waals surface area contributed by atoms with Crippen molar-refractivity contribution < 1.29 is 4.57 Å². The van der Waals surface area contributed by atoms with E-state index in [1.807, 2.05) is 55.5 Å². The van der Waals surface area contributed by atoms with E-state index in [0.717, 1.165) is 11.4 Å². The van der Waals surface area contributed by atoms with Gasteiger partial charge in [-0.25, -0.2) is 24.2 Å². The van der Waals surface area contributed by atoms with E-state index in [2.05, 4.69) is 89.5 Å². The molecule has 0 aliphatic rings. The number of nitrogens with one attached hydrogen (secondary N) is 1. The number of hydrogen-bond acceptors (Lipinski definition) is 5. The molecule has 31 heavy (non-hydrogen) atoms. The van der Waals surface area contributed by atoms with Crippen LogP contribution in [0.1, 0.15) is 11.1 Å². The van der Waals surface area contributed by atoms with Crippen LogP contribution in [0.3, 0.4) is 0 Å². The molecule has 0 fully saturated rings. The lowest BCUT2D eigenvalue weighted by Gasteiger charge is -2.00. The quantitative estimate of drug-likeness (QED) is 0.242. The lowest BCUT2D eigenvalue weighted by Crippen LogP contribution is -2.04. The summed E-state index contributed by atoms with van der Waals surface area (Å²) in [6.45, 7) is 4.07. The van der Waals surface area contributed by atoms with Crippen LogP contribution < -0.4 is 5.69 Å². The minimum atomic E-state index is -2.20. The van der Waals surface area contributed by atoms with Crippen LogP contribution in [0.2, 0.25) is 0 Å². The smallest absolute Gasteiger partial charge is 0.287 e. The summed E-state index contributed by atoms with van der Waals surface area (Å²) in [6, 6.07) is 15.9. The fourth-order valence-corrected chi connectivity index (χ4v) is 2.43. The molecule has 0 unspecified atom stereocenters. The van der Waals surface area contributed by atoms with Gasteiger partial charge in [0.1, 0.15) is 12.7 Å². The van der Waals surface area contributed by atoms with Crippen molar-refractivity contribution in [3.8, 4) is 11.4 Å². The SMILES string of the molecule is Cc1ccc(-n2cnc(=O)[nH]2)cc1.Cc1ccc(-n2cnc(Br)n2)cc1.O=P(Br)(Br)Br. The predicted octanol–water partition coefficient (Wildman–Crippen LogP) is 6.49. The Kier molecular flexibility index (Phi) is 10.1. The molecular formula is C18H17Br4N6O2P. The van der Waals surface area contributed by atoms with E-state index in [0.29, 0.717) is 4.73 Å². The average molecular weight is 700 g/mol. The van der Waals surface area contributed by atoms with Gasteiger partial charge in [0.25, 0.3) is 3.25 Å². The molecule has 4 aromatic rings. The van der Waals surface area contributed by atoms with E-state index in [1.165, 1.54) is 17.5 Å². The van der Waals surface area contributed by atoms with Gasteiger partial charge in [-0.15, -0.1) is 5.10 Å². The third kappa shape index (κ3) is 10.2. The molecule has 0 atom stereocenters. The van der Waals surface area contributed by atoms with Gasteiger partial charge in [0.2, 0.25) is 4.73 Å². The zero-order valence-corrected chi connectivity index (χ0v) is 23.5. The number of hydrogen-bond donors (Lipinski definition) is 1. The van der Waals surface area contributed by atoms with Gasteiger partial charge < -0.3 is 0 Å². The van der Waals surface area contributed by atoms with E-state index >= 15 is 0 Å². The topological polar surface area (TPSA) is 98.5 Å². The van der Waals surface area contributed by atoms with Gasteiger partial charge in [-0.2, -0.15) is 4.98 Å². The molecule has 2 aromatic heterocycles. The third-order valence-corrected chi connectivity index (χ3v) is 3.94. The van der Waals surface area contributed by atoms with Crippen LogP contribution in [0.5, 0.6) is 0 Å². The third-order valence-electron chi connectivity index (χ3n) is 3.58. The summed E-state index contributed by atoms with van der Waals surface area (Å²) in [5, 5.41) is 6.69. The standard InChI is InChI=1S/C9H8BrN3.C9H9N3O.Br3OP/c1-7-2-4-8(5-3-7)13-6-11-9(10)12-13;1-7-2-4-8(5-3-7)12-6-10-9(13)11-12;1-5(2,3)4/h2-6H,1H3;2-6H,1H3,(H,11,13);. The highest BCUT2D eigenvalue weighted by Gasteiger charge is 2.00. The highest BCUT2D eigenvalue weighted by molar-refractivity contribution is 9.94. The van der Waals surface area contributed by atoms with E-state index in [9.17, 15) is 9.36 Å². The van der Waals surface area contributed by atoms with Gasteiger partial charge in [0, 0.05) is 46.5 Å². The summed E-state index contributed by atoms with van der Waals surface area (Å²) in [7, 11) is 0. The van der Waals surface area contributed by atoms with Gasteiger partial charge in [-0.1, -0.05) is 35.4 Å². The fourth-order valence-electron chi connectivity index (χ4n) is 2.17. The molecule has 2 aromatic carbocycles. The van der Waals surface area contributed by atoms with Crippen LogP contribution in [0.15, 0.2) is 70.7 Å². The van der Waals surface area contributed by atoms with Crippen molar-refractivity contribution in [3.63, 3.8) is 0 Å². The normalized spacial score (nSPS) is 10.5. The lowest BCUT2D eigenvalue weighted by atomic mass is 10.2. The molecule has 4 rings (SSSR count). The minimum Gasteiger partial charge on any atom is -0.287 e. The summed E-state index contributed by atoms with van der Waals surface area (Å²) >= 11 is 11.5. The van der Waals surface area contributed by atoms with E-state index < -0.39 is 3.25 Å². The Bertz CT molecular complexity index is 1190. The lowest BCUT2D eigenvalue weighted by molar-refractivity contribution is 0.603. The molecule has 0 saturated heterocycles. The maximum atomic E-state index is 10.7. The number of H-pyrrole nitrogens is 1. The zero-order valence-electron chi connectivity index (χ0n) is 16.3. The van der Waals surface area contributed by atoms with Crippen molar-refractivity contribution in [1.82, 2.24) is 29.5 Å². The summed E-state index contributed by atoms with van der Waals surface area (Å²) in [5.41, 5.74) is 4.01. The number of nitrogens with zero attached hydrogens (tertiary/aromatic N) is 5. The second kappa shape index (κ2) is 12.1. The number of benzene rings is 2. The minimum absolute atomic E-state index is 0.333. The summed E-state index contributed by atoms with van der Waals surface area (Å²) in [5.74, 6) is 0. The Morgan fingerprint density at radius 1 is 0.839 bits per heavy atom. The number of halogens is 4. The first-order valence-electron chi connectivity index (χ1n) is 8.55. The molecule has 164 valence electrons. The number of aromatic amines is 1. The Morgan fingerprint density at radius 2 is 1.32 bits per heavy atom. The summed E-state index contributed by atoms with van der Waals surface area (Å²) < 4.78 is 11.7. The van der Waals surface area contributed by atoms with Gasteiger partial charge in [0.15, 0.2) is 0 Å². The Labute approximate surface area is 211 Å². The van der Waals surface area contributed by atoms with E-state index in [4.69, 9.17) is 0 Å². The average Bonchev–Trinajstić information content (AvgIpc) is 3.31. The largest absolute Gasteiger partial charge is 0.361 e. The first-order valence-corrected chi connectivity index (χ1v) is 17.1. The van der Waals surface area contributed by atoms with Crippen LogP contribution in [0, 0.1) is 13.8 Å². The molecule has 0 saturated carbocycles. The van der Waals surface area contributed by atoms with Gasteiger partial charge >= 0.3 is 5.69 Å². The van der Waals surface area contributed by atoms with Crippen LogP contribution in [-0.2, 0) is 4.57 Å². The second-order valence-corrected chi connectivity index (χ2v) is 25.1. The van der Waals surface area contributed by atoms with E-state index in [1.54, 1.807) is 15.7 Å². The molecule has 8 nitrogen and oxygen atoms in total. The Hall–Kier alpha value is -1.33. The molecule has 0 bridgehead atoms. The summed E-state index contributed by atoms with van der Waals surface area (Å²) in [6.07, 6.45) is 3.14. The highest BCUT2D eigenvalue weighted by Crippen LogP contribution is 2.68. The molecule has 0 aliphatic carbocycles. The fraction of sp³-hybridized carbons (Fsp3) is 0.111. The van der Waals surface area contributed by atoms with Crippen molar-refractivity contribution in [1.29, 1.82) is 0 Å². The van der Waals surface area contributed by atoms with Crippen molar-refractivity contribution >= 4 is 65.6 Å². The predicted molar refractivity (Wildman–Crippen MR) is 137 cm³/mol. The molecule has 1 N–H and O–H groups in total. The van der Waals surface area contributed by atoms with Crippen LogP contribution in [0.4, 0.5) is 0 Å². The first-order chi connectivity index (χ1) is 14.5. The van der Waals surface area contributed by atoms with Gasteiger partial charge in [-0.3, -0.25) is 4.57 Å². The van der Waals surface area contributed by atoms with Gasteiger partial charge in [-0.05, 0) is 54.0 Å². The second-order valence-electron chi connectivity index (χ2n) is 6.06. The van der Waals surface area contributed by atoms with Crippen LogP contribution in [-0.4, -0.2) is 29.5 Å². The molecule has 0 aliphatic heterocycles. The van der Waals surface area contributed by atoms with E-state index in [-0.39, 0.29) is 5.69 Å². The molecule has 0 radical (unpaired) electrons. The number of rotatable bonds is 2. The van der Waals surface area contributed by atoms with Crippen molar-refractivity contribution in [2.24, 2.45) is 0 Å². The van der Waals surface area contributed by atoms with Gasteiger partial charge in [0.05, 0.1) is 11.4 Å². The van der Waals surface area contributed by atoms with Crippen LogP contribution in [0.25, 0.3) is 11.4 Å². The van der Waals surface area contributed by atoms with Crippen molar-refractivity contribution in [2.45, 2.75) is 13.8 Å². The monoisotopic (exact) mass is 696 g/mol. The number of aromatic nitrogens is 6. The maximum Gasteiger partial charge on any atom is 0.361 e. The first kappa shape index (κ1) is 25.9.